The molecule has 122 valence electrons. The number of nitrogens with two attached hydrogens (primary N) is 1. The fraction of sp³-hybridized carbons (Fsp3) is 0.235. The third-order valence-corrected chi connectivity index (χ3v) is 3.83. The Morgan fingerprint density at radius 3 is 2.04 bits per heavy atom. The second kappa shape index (κ2) is 6.79. The molecule has 0 bridgehead atoms. The molecule has 1 amide bonds. The Morgan fingerprint density at radius 1 is 1.04 bits per heavy atom. The van der Waals surface area contributed by atoms with E-state index in [1.807, 2.05) is 0 Å². The Balaban J connectivity index is 2.49. The van der Waals surface area contributed by atoms with Crippen LogP contribution in [0.2, 0.25) is 5.02 Å². The molecular formula is C17H18ClNO4. The van der Waals surface area contributed by atoms with E-state index >= 15 is 0 Å². The van der Waals surface area contributed by atoms with E-state index in [2.05, 4.69) is 0 Å². The van der Waals surface area contributed by atoms with Crippen molar-refractivity contribution in [2.75, 3.05) is 14.2 Å². The molecule has 0 aliphatic carbocycles. The van der Waals surface area contributed by atoms with Gasteiger partial charge in [-0.1, -0.05) is 29.8 Å². The van der Waals surface area contributed by atoms with Crippen LogP contribution in [0.25, 0.3) is 0 Å². The van der Waals surface area contributed by atoms with Crippen LogP contribution in [0.15, 0.2) is 42.5 Å². The topological polar surface area (TPSA) is 70.8 Å². The van der Waals surface area contributed by atoms with Gasteiger partial charge in [-0.15, -0.1) is 0 Å². The van der Waals surface area contributed by atoms with Crippen molar-refractivity contribution >= 4 is 17.5 Å². The number of methoxy groups -OCH3 is 2. The summed E-state index contributed by atoms with van der Waals surface area (Å²) in [4.78, 5) is 12.1. The first kappa shape index (κ1) is 17.0. The van der Waals surface area contributed by atoms with Crippen LogP contribution in [-0.4, -0.2) is 20.1 Å². The zero-order valence-corrected chi connectivity index (χ0v) is 13.9. The molecule has 0 aliphatic rings. The van der Waals surface area contributed by atoms with Crippen molar-refractivity contribution in [3.63, 3.8) is 0 Å². The molecule has 0 saturated heterocycles. The normalized spacial score (nSPS) is 13.0. The molecular weight excluding hydrogens is 318 g/mol. The van der Waals surface area contributed by atoms with Crippen molar-refractivity contribution < 1.29 is 19.0 Å². The van der Waals surface area contributed by atoms with Gasteiger partial charge in [-0.05, 0) is 13.0 Å². The van der Waals surface area contributed by atoms with Crippen LogP contribution >= 0.6 is 11.6 Å². The Kier molecular flexibility index (Phi) is 5.01. The van der Waals surface area contributed by atoms with Gasteiger partial charge in [0.05, 0.1) is 14.2 Å². The summed E-state index contributed by atoms with van der Waals surface area (Å²) in [5, 5.41) is 0.392. The first-order valence-electron chi connectivity index (χ1n) is 6.87. The summed E-state index contributed by atoms with van der Waals surface area (Å²) >= 11 is 6.20. The van der Waals surface area contributed by atoms with Gasteiger partial charge in [-0.25, -0.2) is 0 Å². The van der Waals surface area contributed by atoms with Crippen LogP contribution in [0.5, 0.6) is 17.2 Å². The number of carbonyl (C=O) groups is 1. The van der Waals surface area contributed by atoms with E-state index in [-0.39, 0.29) is 0 Å². The van der Waals surface area contributed by atoms with Gasteiger partial charge in [0, 0.05) is 28.8 Å². The fourth-order valence-electron chi connectivity index (χ4n) is 2.16. The largest absolute Gasteiger partial charge is 0.496 e. The molecule has 0 saturated carbocycles. The van der Waals surface area contributed by atoms with E-state index in [4.69, 9.17) is 31.5 Å². The molecule has 0 fully saturated rings. The maximum atomic E-state index is 12.1. The Bertz CT molecular complexity index is 697. The first-order chi connectivity index (χ1) is 10.9. The zero-order chi connectivity index (χ0) is 17.0. The molecule has 1 unspecified atom stereocenters. The summed E-state index contributed by atoms with van der Waals surface area (Å²) in [7, 11) is 3.06. The Morgan fingerprint density at radius 2 is 1.57 bits per heavy atom. The molecule has 0 aliphatic heterocycles. The van der Waals surface area contributed by atoms with Gasteiger partial charge in [-0.2, -0.15) is 0 Å². The van der Waals surface area contributed by atoms with Crippen LogP contribution in [-0.2, 0) is 10.4 Å². The second-order valence-corrected chi connectivity index (χ2v) is 5.43. The molecule has 5 nitrogen and oxygen atoms in total. The zero-order valence-electron chi connectivity index (χ0n) is 13.1. The van der Waals surface area contributed by atoms with Crippen LogP contribution in [0.3, 0.4) is 0 Å². The third kappa shape index (κ3) is 3.51. The number of carbonyl (C=O) groups excluding carboxylic acids is 1. The monoisotopic (exact) mass is 335 g/mol. The Hall–Kier alpha value is -2.40. The Labute approximate surface area is 139 Å². The van der Waals surface area contributed by atoms with Crippen molar-refractivity contribution in [2.45, 2.75) is 12.5 Å². The maximum absolute atomic E-state index is 12.1. The number of primary amides is 1. The van der Waals surface area contributed by atoms with Gasteiger partial charge in [0.25, 0.3) is 5.91 Å². The van der Waals surface area contributed by atoms with Gasteiger partial charge < -0.3 is 19.9 Å². The van der Waals surface area contributed by atoms with Gasteiger partial charge in [0.2, 0.25) is 5.60 Å². The van der Waals surface area contributed by atoms with E-state index in [0.29, 0.717) is 27.8 Å². The fourth-order valence-corrected chi connectivity index (χ4v) is 2.48. The minimum Gasteiger partial charge on any atom is -0.496 e. The molecule has 0 heterocycles. The number of hydrogen-bond donors (Lipinski definition) is 1. The van der Waals surface area contributed by atoms with E-state index in [1.165, 1.54) is 14.2 Å². The van der Waals surface area contributed by atoms with E-state index in [0.717, 1.165) is 0 Å². The predicted molar refractivity (Wildman–Crippen MR) is 88.2 cm³/mol. The van der Waals surface area contributed by atoms with Crippen molar-refractivity contribution in [2.24, 2.45) is 5.73 Å². The molecule has 0 radical (unpaired) electrons. The lowest BCUT2D eigenvalue weighted by Gasteiger charge is -2.29. The number of ether oxygens (including phenoxy) is 3. The highest BCUT2D eigenvalue weighted by molar-refractivity contribution is 6.31. The lowest BCUT2D eigenvalue weighted by atomic mass is 9.94. The second-order valence-electron chi connectivity index (χ2n) is 5.03. The summed E-state index contributed by atoms with van der Waals surface area (Å²) in [5.41, 5.74) is 4.62. The van der Waals surface area contributed by atoms with Crippen molar-refractivity contribution in [1.82, 2.24) is 0 Å². The minimum absolute atomic E-state index is 0.377. The van der Waals surface area contributed by atoms with Gasteiger partial charge in [0.15, 0.2) is 0 Å². The van der Waals surface area contributed by atoms with Gasteiger partial charge in [-0.3, -0.25) is 4.79 Å². The molecule has 0 aromatic heterocycles. The molecule has 0 spiro atoms. The van der Waals surface area contributed by atoms with Gasteiger partial charge >= 0.3 is 0 Å². The molecule has 6 heteroatoms. The summed E-state index contributed by atoms with van der Waals surface area (Å²) in [5.74, 6) is 0.783. The maximum Gasteiger partial charge on any atom is 0.266 e. The van der Waals surface area contributed by atoms with Crippen molar-refractivity contribution in [3.8, 4) is 17.2 Å². The summed E-state index contributed by atoms with van der Waals surface area (Å²) < 4.78 is 16.3. The lowest BCUT2D eigenvalue weighted by Crippen LogP contribution is -2.43. The molecule has 2 aromatic carbocycles. The summed E-state index contributed by atoms with van der Waals surface area (Å²) in [6.45, 7) is 1.57. The standard InChI is InChI=1S/C17H18ClNO4/c1-17(16(19)20,14-6-4-5-7-15(14)18)23-13-9-11(21-2)8-12(10-13)22-3/h4-10H,1-3H3,(H2,19,20). The average molecular weight is 336 g/mol. The van der Waals surface area contributed by atoms with Crippen LogP contribution in [0, 0.1) is 0 Å². The van der Waals surface area contributed by atoms with E-state index < -0.39 is 11.5 Å². The number of amides is 1. The summed E-state index contributed by atoms with van der Waals surface area (Å²) in [6, 6.07) is 11.9. The quantitative estimate of drug-likeness (QED) is 0.880. The van der Waals surface area contributed by atoms with E-state index in [1.54, 1.807) is 49.4 Å². The highest BCUT2D eigenvalue weighted by atomic mass is 35.5. The molecule has 1 atom stereocenters. The van der Waals surface area contributed by atoms with Crippen molar-refractivity contribution in [3.05, 3.63) is 53.1 Å². The summed E-state index contributed by atoms with van der Waals surface area (Å²) in [6.07, 6.45) is 0. The minimum atomic E-state index is -1.43. The number of hydrogen-bond acceptors (Lipinski definition) is 4. The van der Waals surface area contributed by atoms with Gasteiger partial charge in [0.1, 0.15) is 17.2 Å². The highest BCUT2D eigenvalue weighted by Crippen LogP contribution is 2.35. The predicted octanol–water partition coefficient (Wildman–Crippen LogP) is 3.14. The molecule has 2 rings (SSSR count). The molecule has 23 heavy (non-hydrogen) atoms. The van der Waals surface area contributed by atoms with Crippen LogP contribution in [0.1, 0.15) is 12.5 Å². The number of halogens is 1. The lowest BCUT2D eigenvalue weighted by molar-refractivity contribution is -0.132. The smallest absolute Gasteiger partial charge is 0.266 e. The molecule has 2 N–H and O–H groups in total. The molecule has 2 aromatic rings. The number of benzene rings is 2. The number of rotatable bonds is 6. The van der Waals surface area contributed by atoms with E-state index in [9.17, 15) is 4.79 Å². The average Bonchev–Trinajstić information content (AvgIpc) is 2.54. The SMILES string of the molecule is COc1cc(OC)cc(OC(C)(C(N)=O)c2ccccc2Cl)c1. The highest BCUT2D eigenvalue weighted by Gasteiger charge is 2.37. The van der Waals surface area contributed by atoms with Crippen LogP contribution < -0.4 is 19.9 Å². The van der Waals surface area contributed by atoms with Crippen LogP contribution in [0.4, 0.5) is 0 Å². The third-order valence-electron chi connectivity index (χ3n) is 3.50. The van der Waals surface area contributed by atoms with Crippen molar-refractivity contribution in [1.29, 1.82) is 0 Å². The first-order valence-corrected chi connectivity index (χ1v) is 7.25.